The summed E-state index contributed by atoms with van der Waals surface area (Å²) in [5.41, 5.74) is 2.37. The molecule has 4 rings (SSSR count). The molecular weight excluding hydrogens is 380 g/mol. The van der Waals surface area contributed by atoms with Gasteiger partial charge in [0.25, 0.3) is 0 Å². The number of aromatic amines is 1. The number of ether oxygens (including phenoxy) is 3. The molecule has 1 unspecified atom stereocenters. The fraction of sp³-hybridized carbons (Fsp3) is 0.316. The van der Waals surface area contributed by atoms with Gasteiger partial charge in [0, 0.05) is 37.2 Å². The Hall–Kier alpha value is -2.78. The summed E-state index contributed by atoms with van der Waals surface area (Å²) in [6.07, 6.45) is 5.34. The van der Waals surface area contributed by atoms with Crippen molar-refractivity contribution in [3.8, 4) is 22.8 Å². The molecule has 1 aliphatic heterocycles. The monoisotopic (exact) mass is 400 g/mol. The van der Waals surface area contributed by atoms with E-state index in [2.05, 4.69) is 15.3 Å². The Morgan fingerprint density at radius 3 is 3.07 bits per heavy atom. The molecule has 28 heavy (non-hydrogen) atoms. The van der Waals surface area contributed by atoms with Gasteiger partial charge in [0.1, 0.15) is 23.1 Å². The number of anilines is 1. The van der Waals surface area contributed by atoms with Crippen LogP contribution in [0.5, 0.6) is 11.5 Å². The van der Waals surface area contributed by atoms with Gasteiger partial charge in [-0.05, 0) is 12.3 Å². The summed E-state index contributed by atoms with van der Waals surface area (Å²) in [6.45, 7) is 2.28. The number of rotatable bonds is 5. The Balaban J connectivity index is 1.83. The molecule has 1 atom stereocenters. The van der Waals surface area contributed by atoms with Crippen molar-refractivity contribution in [2.24, 2.45) is 0 Å². The van der Waals surface area contributed by atoms with E-state index >= 15 is 0 Å². The van der Waals surface area contributed by atoms with E-state index in [1.165, 1.54) is 18.7 Å². The fourth-order valence-corrected chi connectivity index (χ4v) is 3.53. The van der Waals surface area contributed by atoms with Gasteiger partial charge in [-0.1, -0.05) is 0 Å². The van der Waals surface area contributed by atoms with E-state index in [0.29, 0.717) is 36.2 Å². The largest absolute Gasteiger partial charge is 0.484 e. The van der Waals surface area contributed by atoms with Gasteiger partial charge >= 0.3 is 0 Å². The number of hydrogen-bond donors (Lipinski definition) is 2. The van der Waals surface area contributed by atoms with Crippen LogP contribution >= 0.6 is 11.8 Å². The van der Waals surface area contributed by atoms with E-state index in [1.807, 2.05) is 24.6 Å². The number of aromatic nitrogens is 3. The molecule has 0 bridgehead atoms. The van der Waals surface area contributed by atoms with Crippen LogP contribution in [0, 0.1) is 0 Å². The zero-order valence-electron chi connectivity index (χ0n) is 15.7. The molecule has 1 amide bonds. The minimum absolute atomic E-state index is 0.166. The lowest BCUT2D eigenvalue weighted by Gasteiger charge is -2.27. The zero-order chi connectivity index (χ0) is 19.7. The summed E-state index contributed by atoms with van der Waals surface area (Å²) < 4.78 is 17.3. The molecule has 0 saturated carbocycles. The smallest absolute Gasteiger partial charge is 0.222 e. The Morgan fingerprint density at radius 2 is 2.32 bits per heavy atom. The minimum atomic E-state index is -0.176. The first-order valence-corrected chi connectivity index (χ1v) is 9.94. The predicted molar refractivity (Wildman–Crippen MR) is 107 cm³/mol. The average Bonchev–Trinajstić information content (AvgIpc) is 3.09. The Kier molecular flexibility index (Phi) is 5.10. The molecule has 2 N–H and O–H groups in total. The molecule has 0 saturated heterocycles. The highest BCUT2D eigenvalue weighted by Crippen LogP contribution is 2.43. The van der Waals surface area contributed by atoms with Crippen molar-refractivity contribution < 1.29 is 19.0 Å². The second-order valence-corrected chi connectivity index (χ2v) is 7.17. The number of hydrogen-bond acceptors (Lipinski definition) is 7. The lowest BCUT2D eigenvalue weighted by atomic mass is 10.1. The summed E-state index contributed by atoms with van der Waals surface area (Å²) in [5.74, 6) is 1.55. The van der Waals surface area contributed by atoms with Gasteiger partial charge in [-0.3, -0.25) is 4.79 Å². The number of amides is 1. The number of H-pyrrole nitrogens is 1. The SMILES string of the molecule is COCC1COc2c(cc(SC)nc2-c2c[nH]c3cnc(NC(C)=O)cc23)O1. The summed E-state index contributed by atoms with van der Waals surface area (Å²) in [6, 6.07) is 3.70. The lowest BCUT2D eigenvalue weighted by Crippen LogP contribution is -2.33. The molecule has 3 aromatic heterocycles. The summed E-state index contributed by atoms with van der Waals surface area (Å²) in [4.78, 5) is 23.6. The van der Waals surface area contributed by atoms with Crippen molar-refractivity contribution in [1.29, 1.82) is 0 Å². The van der Waals surface area contributed by atoms with Crippen LogP contribution in [-0.4, -0.2) is 53.5 Å². The fourth-order valence-electron chi connectivity index (χ4n) is 3.13. The number of carbonyl (C=O) groups excluding carboxylic acids is 1. The van der Waals surface area contributed by atoms with Crippen molar-refractivity contribution >= 4 is 34.4 Å². The van der Waals surface area contributed by atoms with Gasteiger partial charge in [-0.25, -0.2) is 9.97 Å². The Labute approximate surface area is 166 Å². The van der Waals surface area contributed by atoms with E-state index in [1.54, 1.807) is 13.3 Å². The van der Waals surface area contributed by atoms with Gasteiger partial charge < -0.3 is 24.5 Å². The summed E-state index contributed by atoms with van der Waals surface area (Å²) >= 11 is 1.53. The van der Waals surface area contributed by atoms with Crippen LogP contribution in [0.15, 0.2) is 29.6 Å². The standard InChI is InChI=1S/C19H20N4O4S/c1-10(24)22-16-4-12-13(6-20-14(12)7-21-16)18-19-15(5-17(23-18)28-3)27-11(8-25-2)9-26-19/h4-7,11,20H,8-9H2,1-3H3,(H,21,22,24). The Bertz CT molecular complexity index is 1040. The van der Waals surface area contributed by atoms with Crippen molar-refractivity contribution in [3.05, 3.63) is 24.5 Å². The van der Waals surface area contributed by atoms with Crippen LogP contribution in [0.25, 0.3) is 22.2 Å². The van der Waals surface area contributed by atoms with Gasteiger partial charge in [-0.15, -0.1) is 11.8 Å². The highest BCUT2D eigenvalue weighted by atomic mass is 32.2. The summed E-state index contributed by atoms with van der Waals surface area (Å²) in [7, 11) is 1.64. The summed E-state index contributed by atoms with van der Waals surface area (Å²) in [5, 5.41) is 4.42. The lowest BCUT2D eigenvalue weighted by molar-refractivity contribution is -0.114. The number of carbonyl (C=O) groups is 1. The number of pyridine rings is 2. The van der Waals surface area contributed by atoms with Crippen molar-refractivity contribution in [2.45, 2.75) is 18.1 Å². The molecule has 0 aliphatic carbocycles. The molecule has 0 aromatic carbocycles. The van der Waals surface area contributed by atoms with E-state index < -0.39 is 0 Å². The van der Waals surface area contributed by atoms with Crippen molar-refractivity contribution in [3.63, 3.8) is 0 Å². The van der Waals surface area contributed by atoms with Gasteiger partial charge in [0.05, 0.1) is 18.3 Å². The first-order chi connectivity index (χ1) is 13.6. The third-order valence-electron chi connectivity index (χ3n) is 4.31. The predicted octanol–water partition coefficient (Wildman–Crippen LogP) is 3.09. The van der Waals surface area contributed by atoms with Crippen molar-refractivity contribution in [2.75, 3.05) is 31.9 Å². The molecule has 0 spiro atoms. The molecule has 0 fully saturated rings. The first kappa shape index (κ1) is 18.6. The number of thioether (sulfide) groups is 1. The molecule has 8 nitrogen and oxygen atoms in total. The number of fused-ring (bicyclic) bond motifs is 2. The maximum Gasteiger partial charge on any atom is 0.222 e. The molecule has 1 aliphatic rings. The topological polar surface area (TPSA) is 98.4 Å². The van der Waals surface area contributed by atoms with Crippen LogP contribution < -0.4 is 14.8 Å². The number of nitrogens with zero attached hydrogens (tertiary/aromatic N) is 2. The zero-order valence-corrected chi connectivity index (χ0v) is 16.6. The van der Waals surface area contributed by atoms with E-state index in [0.717, 1.165) is 21.5 Å². The molecule has 9 heteroatoms. The molecule has 3 aromatic rings. The maximum atomic E-state index is 11.4. The molecule has 146 valence electrons. The normalized spacial score (nSPS) is 15.6. The average molecular weight is 400 g/mol. The van der Waals surface area contributed by atoms with E-state index in [9.17, 15) is 4.79 Å². The minimum Gasteiger partial charge on any atom is -0.484 e. The molecular formula is C19H20N4O4S. The second-order valence-electron chi connectivity index (χ2n) is 6.35. The number of nitrogens with one attached hydrogen (secondary N) is 2. The number of methoxy groups -OCH3 is 1. The van der Waals surface area contributed by atoms with Gasteiger partial charge in [0.15, 0.2) is 17.6 Å². The van der Waals surface area contributed by atoms with E-state index in [-0.39, 0.29) is 12.0 Å². The maximum absolute atomic E-state index is 11.4. The third kappa shape index (κ3) is 3.50. The van der Waals surface area contributed by atoms with Crippen LogP contribution in [0.2, 0.25) is 0 Å². The van der Waals surface area contributed by atoms with E-state index in [4.69, 9.17) is 19.2 Å². The van der Waals surface area contributed by atoms with Crippen LogP contribution in [-0.2, 0) is 9.53 Å². The molecule has 0 radical (unpaired) electrons. The van der Waals surface area contributed by atoms with Gasteiger partial charge in [-0.2, -0.15) is 0 Å². The highest BCUT2D eigenvalue weighted by molar-refractivity contribution is 7.98. The second kappa shape index (κ2) is 7.69. The van der Waals surface area contributed by atoms with Crippen molar-refractivity contribution in [1.82, 2.24) is 15.0 Å². The molecule has 4 heterocycles. The third-order valence-corrected chi connectivity index (χ3v) is 4.94. The van der Waals surface area contributed by atoms with Crippen LogP contribution in [0.4, 0.5) is 5.82 Å². The van der Waals surface area contributed by atoms with Crippen LogP contribution in [0.3, 0.4) is 0 Å². The highest BCUT2D eigenvalue weighted by Gasteiger charge is 2.27. The van der Waals surface area contributed by atoms with Crippen LogP contribution in [0.1, 0.15) is 6.92 Å². The quantitative estimate of drug-likeness (QED) is 0.635. The first-order valence-electron chi connectivity index (χ1n) is 8.71. The van der Waals surface area contributed by atoms with Gasteiger partial charge in [0.2, 0.25) is 5.91 Å². The Morgan fingerprint density at radius 1 is 1.46 bits per heavy atom.